The molecule has 2 nitrogen and oxygen atoms in total. The predicted molar refractivity (Wildman–Crippen MR) is 84.7 cm³/mol. The van der Waals surface area contributed by atoms with Gasteiger partial charge in [-0.1, -0.05) is 38.0 Å². The number of pyridine rings is 1. The van der Waals surface area contributed by atoms with E-state index in [1.807, 2.05) is 12.3 Å². The van der Waals surface area contributed by atoms with Gasteiger partial charge in [0.15, 0.2) is 0 Å². The quantitative estimate of drug-likeness (QED) is 0.904. The van der Waals surface area contributed by atoms with Crippen LogP contribution in [-0.4, -0.2) is 11.0 Å². The summed E-state index contributed by atoms with van der Waals surface area (Å²) in [7, 11) is 0. The molecule has 2 aromatic rings. The van der Waals surface area contributed by atoms with E-state index >= 15 is 0 Å². The summed E-state index contributed by atoms with van der Waals surface area (Å²) in [5.41, 5.74) is 8.79. The minimum Gasteiger partial charge on any atom is -0.327 e. The van der Waals surface area contributed by atoms with Gasteiger partial charge in [-0.3, -0.25) is 4.98 Å². The van der Waals surface area contributed by atoms with Gasteiger partial charge in [0.05, 0.1) is 5.52 Å². The molecule has 2 N–H and O–H groups in total. The first kappa shape index (κ1) is 13.6. The van der Waals surface area contributed by atoms with Gasteiger partial charge in [-0.05, 0) is 42.9 Å². The van der Waals surface area contributed by atoms with Crippen molar-refractivity contribution in [3.05, 3.63) is 42.1 Å². The summed E-state index contributed by atoms with van der Waals surface area (Å²) in [6.45, 7) is 2.28. The van der Waals surface area contributed by atoms with Crippen LogP contribution in [0.4, 0.5) is 0 Å². The monoisotopic (exact) mass is 268 g/mol. The third-order valence-electron chi connectivity index (χ3n) is 4.75. The molecule has 3 rings (SSSR count). The molecule has 0 aliphatic heterocycles. The molecule has 0 spiro atoms. The average molecular weight is 268 g/mol. The number of hydrogen-bond donors (Lipinski definition) is 1. The summed E-state index contributed by atoms with van der Waals surface area (Å²) in [5, 5.41) is 1.23. The number of para-hydroxylation sites is 1. The summed E-state index contributed by atoms with van der Waals surface area (Å²) in [6, 6.07) is 10.9. The Morgan fingerprint density at radius 2 is 2.10 bits per heavy atom. The first-order chi connectivity index (χ1) is 9.78. The molecule has 3 atom stereocenters. The minimum atomic E-state index is 0.297. The molecule has 2 heteroatoms. The minimum absolute atomic E-state index is 0.297. The maximum atomic E-state index is 6.39. The molecule has 0 radical (unpaired) electrons. The molecule has 20 heavy (non-hydrogen) atoms. The number of nitrogens with zero attached hydrogens (tertiary/aromatic N) is 1. The zero-order valence-electron chi connectivity index (χ0n) is 12.3. The Balaban J connectivity index is 1.88. The molecule has 1 heterocycles. The Morgan fingerprint density at radius 3 is 2.95 bits per heavy atom. The Bertz CT molecular complexity index is 578. The zero-order chi connectivity index (χ0) is 13.9. The second-order valence-corrected chi connectivity index (χ2v) is 6.20. The highest BCUT2D eigenvalue weighted by Crippen LogP contribution is 2.37. The number of aromatic nitrogens is 1. The Morgan fingerprint density at radius 1 is 1.25 bits per heavy atom. The van der Waals surface area contributed by atoms with Crippen LogP contribution in [0.1, 0.15) is 50.5 Å². The predicted octanol–water partition coefficient (Wildman–Crippen LogP) is 4.25. The molecule has 3 unspecified atom stereocenters. The van der Waals surface area contributed by atoms with Crippen molar-refractivity contribution < 1.29 is 0 Å². The lowest BCUT2D eigenvalue weighted by Crippen LogP contribution is -2.34. The van der Waals surface area contributed by atoms with Gasteiger partial charge in [0, 0.05) is 23.5 Å². The Labute approximate surface area is 121 Å². The van der Waals surface area contributed by atoms with Crippen molar-refractivity contribution >= 4 is 10.9 Å². The maximum Gasteiger partial charge on any atom is 0.0702 e. The molecule has 1 aromatic carbocycles. The first-order valence-corrected chi connectivity index (χ1v) is 7.88. The van der Waals surface area contributed by atoms with Crippen LogP contribution in [0.5, 0.6) is 0 Å². The van der Waals surface area contributed by atoms with Gasteiger partial charge in [-0.2, -0.15) is 0 Å². The second kappa shape index (κ2) is 5.92. The van der Waals surface area contributed by atoms with Crippen LogP contribution in [0.15, 0.2) is 36.5 Å². The molecule has 106 valence electrons. The van der Waals surface area contributed by atoms with Crippen LogP contribution in [0.2, 0.25) is 0 Å². The summed E-state index contributed by atoms with van der Waals surface area (Å²) >= 11 is 0. The van der Waals surface area contributed by atoms with E-state index in [-0.39, 0.29) is 0 Å². The van der Waals surface area contributed by atoms with Crippen LogP contribution in [0.25, 0.3) is 10.9 Å². The van der Waals surface area contributed by atoms with E-state index < -0.39 is 0 Å². The highest BCUT2D eigenvalue weighted by atomic mass is 14.7. The largest absolute Gasteiger partial charge is 0.327 e. The van der Waals surface area contributed by atoms with Crippen molar-refractivity contribution in [2.75, 3.05) is 0 Å². The second-order valence-electron chi connectivity index (χ2n) is 6.20. The van der Waals surface area contributed by atoms with Gasteiger partial charge >= 0.3 is 0 Å². The summed E-state index contributed by atoms with van der Waals surface area (Å²) in [6.07, 6.45) is 8.34. The first-order valence-electron chi connectivity index (χ1n) is 7.88. The summed E-state index contributed by atoms with van der Waals surface area (Å²) < 4.78 is 0. The lowest BCUT2D eigenvalue weighted by molar-refractivity contribution is 0.274. The fraction of sp³-hybridized carbons (Fsp3) is 0.500. The summed E-state index contributed by atoms with van der Waals surface area (Å²) in [4.78, 5) is 4.61. The van der Waals surface area contributed by atoms with Crippen molar-refractivity contribution in [3.8, 4) is 0 Å². The fourth-order valence-corrected chi connectivity index (χ4v) is 3.63. The molecular formula is C18H24N2. The molecule has 1 aromatic heterocycles. The average Bonchev–Trinajstić information content (AvgIpc) is 2.49. The highest BCUT2D eigenvalue weighted by molar-refractivity contribution is 5.78. The van der Waals surface area contributed by atoms with E-state index in [1.54, 1.807) is 0 Å². The van der Waals surface area contributed by atoms with Crippen LogP contribution in [0.3, 0.4) is 0 Å². The third-order valence-corrected chi connectivity index (χ3v) is 4.75. The van der Waals surface area contributed by atoms with E-state index in [1.165, 1.54) is 36.6 Å². The smallest absolute Gasteiger partial charge is 0.0702 e. The molecule has 1 aliphatic carbocycles. The molecule has 0 amide bonds. The standard InChI is InChI=1S/C18H24N2/c1-2-5-13-8-9-17(19)16(10-13)15-11-14-6-3-4-7-18(14)20-12-15/h3-4,6-7,11-13,16-17H,2,5,8-10,19H2,1H3. The van der Waals surface area contributed by atoms with Crippen molar-refractivity contribution in [1.29, 1.82) is 0 Å². The fourth-order valence-electron chi connectivity index (χ4n) is 3.63. The number of hydrogen-bond acceptors (Lipinski definition) is 2. The molecule has 0 bridgehead atoms. The third kappa shape index (κ3) is 2.71. The van der Waals surface area contributed by atoms with Crippen molar-refractivity contribution in [2.45, 2.75) is 51.0 Å². The zero-order valence-corrected chi connectivity index (χ0v) is 12.3. The van der Waals surface area contributed by atoms with E-state index in [2.05, 4.69) is 36.2 Å². The van der Waals surface area contributed by atoms with E-state index in [0.29, 0.717) is 12.0 Å². The molecule has 1 aliphatic rings. The van der Waals surface area contributed by atoms with Crippen LogP contribution >= 0.6 is 0 Å². The topological polar surface area (TPSA) is 38.9 Å². The van der Waals surface area contributed by atoms with Gasteiger partial charge in [0.2, 0.25) is 0 Å². The van der Waals surface area contributed by atoms with Crippen molar-refractivity contribution in [1.82, 2.24) is 4.98 Å². The molecule has 1 fully saturated rings. The van der Waals surface area contributed by atoms with E-state index in [0.717, 1.165) is 17.9 Å². The molecule has 0 saturated heterocycles. The number of rotatable bonds is 3. The molecular weight excluding hydrogens is 244 g/mol. The van der Waals surface area contributed by atoms with E-state index in [9.17, 15) is 0 Å². The lowest BCUT2D eigenvalue weighted by Gasteiger charge is -2.34. The lowest BCUT2D eigenvalue weighted by atomic mass is 9.74. The number of benzene rings is 1. The normalized spacial score (nSPS) is 26.8. The van der Waals surface area contributed by atoms with Crippen molar-refractivity contribution in [2.24, 2.45) is 11.7 Å². The van der Waals surface area contributed by atoms with Crippen LogP contribution in [-0.2, 0) is 0 Å². The molecule has 1 saturated carbocycles. The summed E-state index contributed by atoms with van der Waals surface area (Å²) in [5.74, 6) is 1.33. The van der Waals surface area contributed by atoms with Crippen LogP contribution < -0.4 is 5.73 Å². The number of nitrogens with two attached hydrogens (primary N) is 1. The highest BCUT2D eigenvalue weighted by Gasteiger charge is 2.29. The van der Waals surface area contributed by atoms with Gasteiger partial charge in [-0.25, -0.2) is 0 Å². The van der Waals surface area contributed by atoms with Gasteiger partial charge in [0.1, 0.15) is 0 Å². The Hall–Kier alpha value is -1.41. The van der Waals surface area contributed by atoms with Gasteiger partial charge < -0.3 is 5.73 Å². The van der Waals surface area contributed by atoms with Gasteiger partial charge in [-0.15, -0.1) is 0 Å². The SMILES string of the molecule is CCCC1CCC(N)C(c2cnc3ccccc3c2)C1. The van der Waals surface area contributed by atoms with Crippen LogP contribution in [0, 0.1) is 5.92 Å². The van der Waals surface area contributed by atoms with Gasteiger partial charge in [0.25, 0.3) is 0 Å². The maximum absolute atomic E-state index is 6.39. The van der Waals surface area contributed by atoms with E-state index in [4.69, 9.17) is 5.73 Å². The van der Waals surface area contributed by atoms with Crippen molar-refractivity contribution in [3.63, 3.8) is 0 Å². The number of fused-ring (bicyclic) bond motifs is 1. The Kier molecular flexibility index (Phi) is 4.02.